The Bertz CT molecular complexity index is 1380. The van der Waals surface area contributed by atoms with Gasteiger partial charge in [-0.15, -0.1) is 5.10 Å². The largest absolute Gasteiger partial charge is 0.497 e. The molecule has 10 heteroatoms. The Hall–Kier alpha value is -3.27. The molecule has 0 aliphatic heterocycles. The van der Waals surface area contributed by atoms with Crippen LogP contribution in [0.25, 0.3) is 16.6 Å². The number of sulfone groups is 1. The summed E-state index contributed by atoms with van der Waals surface area (Å²) in [6.45, 7) is 1.64. The van der Waals surface area contributed by atoms with E-state index in [1.165, 1.54) is 23.8 Å². The van der Waals surface area contributed by atoms with E-state index in [-0.39, 0.29) is 11.0 Å². The molecule has 0 amide bonds. The molecular formula is C17H13FN4O4S. The summed E-state index contributed by atoms with van der Waals surface area (Å²) in [5.41, 5.74) is 0.0593. The fourth-order valence-electron chi connectivity index (χ4n) is 2.82. The first-order valence-electron chi connectivity index (χ1n) is 7.79. The summed E-state index contributed by atoms with van der Waals surface area (Å²) in [5, 5.41) is 6.04. The van der Waals surface area contributed by atoms with E-state index in [0.29, 0.717) is 16.8 Å². The lowest BCUT2D eigenvalue weighted by molar-refractivity contribution is 0.415. The van der Waals surface area contributed by atoms with Crippen LogP contribution in [0.2, 0.25) is 0 Å². The third-order valence-corrected chi connectivity index (χ3v) is 5.86. The lowest BCUT2D eigenvalue weighted by Crippen LogP contribution is -2.12. The molecule has 0 saturated heterocycles. The minimum absolute atomic E-state index is 0.222. The van der Waals surface area contributed by atoms with E-state index in [2.05, 4.69) is 15.3 Å². The van der Waals surface area contributed by atoms with Crippen molar-refractivity contribution in [2.45, 2.75) is 16.8 Å². The number of ether oxygens (including phenoxy) is 1. The van der Waals surface area contributed by atoms with Crippen LogP contribution in [0.3, 0.4) is 0 Å². The smallest absolute Gasteiger partial charge is 0.281 e. The molecule has 2 aromatic heterocycles. The maximum Gasteiger partial charge on any atom is 0.281 e. The number of halogens is 1. The predicted molar refractivity (Wildman–Crippen MR) is 94.3 cm³/mol. The van der Waals surface area contributed by atoms with Crippen molar-refractivity contribution >= 4 is 26.4 Å². The maximum atomic E-state index is 14.2. The Morgan fingerprint density at radius 1 is 1.19 bits per heavy atom. The van der Waals surface area contributed by atoms with E-state index in [9.17, 15) is 17.6 Å². The van der Waals surface area contributed by atoms with Crippen LogP contribution < -0.4 is 10.3 Å². The van der Waals surface area contributed by atoms with Crippen molar-refractivity contribution in [1.29, 1.82) is 0 Å². The maximum absolute atomic E-state index is 14.2. The molecule has 1 N–H and O–H groups in total. The van der Waals surface area contributed by atoms with Crippen LogP contribution in [0.15, 0.2) is 51.1 Å². The number of H-pyrrole nitrogens is 1. The first kappa shape index (κ1) is 17.2. The topological polar surface area (TPSA) is 106 Å². The quantitative estimate of drug-likeness (QED) is 0.574. The molecular weight excluding hydrogens is 375 g/mol. The number of aryl methyl sites for hydroxylation is 1. The number of hydrogen-bond acceptors (Lipinski definition) is 6. The Morgan fingerprint density at radius 3 is 2.67 bits per heavy atom. The average molecular weight is 388 g/mol. The summed E-state index contributed by atoms with van der Waals surface area (Å²) in [7, 11) is -2.88. The predicted octanol–water partition coefficient (Wildman–Crippen LogP) is 1.86. The lowest BCUT2D eigenvalue weighted by atomic mass is 10.2. The van der Waals surface area contributed by atoms with Gasteiger partial charge in [0, 0.05) is 6.07 Å². The average Bonchev–Trinajstić information content (AvgIpc) is 3.05. The molecule has 0 aliphatic rings. The highest BCUT2D eigenvalue weighted by atomic mass is 32.2. The van der Waals surface area contributed by atoms with Crippen molar-refractivity contribution in [3.05, 3.63) is 58.1 Å². The molecule has 4 rings (SSSR count). The number of nitrogens with one attached hydrogen (secondary N) is 1. The van der Waals surface area contributed by atoms with Crippen LogP contribution >= 0.6 is 0 Å². The molecule has 0 fully saturated rings. The molecule has 0 bridgehead atoms. The van der Waals surface area contributed by atoms with Crippen LogP contribution in [0.1, 0.15) is 5.56 Å². The van der Waals surface area contributed by atoms with Crippen molar-refractivity contribution < 1.29 is 17.5 Å². The van der Waals surface area contributed by atoms with Crippen molar-refractivity contribution in [2.75, 3.05) is 7.11 Å². The molecule has 2 aromatic carbocycles. The second kappa shape index (κ2) is 5.88. The van der Waals surface area contributed by atoms with E-state index in [4.69, 9.17) is 4.74 Å². The minimum Gasteiger partial charge on any atom is -0.497 e. The van der Waals surface area contributed by atoms with Gasteiger partial charge in [0.25, 0.3) is 5.56 Å². The molecule has 0 unspecified atom stereocenters. The summed E-state index contributed by atoms with van der Waals surface area (Å²) < 4.78 is 46.5. The minimum atomic E-state index is -4.34. The lowest BCUT2D eigenvalue weighted by Gasteiger charge is -2.05. The monoisotopic (exact) mass is 388 g/mol. The van der Waals surface area contributed by atoms with Gasteiger partial charge in [-0.25, -0.2) is 22.5 Å². The number of benzene rings is 2. The third-order valence-electron chi connectivity index (χ3n) is 4.17. The van der Waals surface area contributed by atoms with Gasteiger partial charge in [0.1, 0.15) is 16.5 Å². The van der Waals surface area contributed by atoms with Crippen molar-refractivity contribution in [3.63, 3.8) is 0 Å². The van der Waals surface area contributed by atoms with E-state index >= 15 is 0 Å². The summed E-state index contributed by atoms with van der Waals surface area (Å²) in [6.07, 6.45) is 0. The molecule has 0 radical (unpaired) electrons. The molecule has 0 aliphatic carbocycles. The number of aromatic amines is 1. The Morgan fingerprint density at radius 2 is 1.96 bits per heavy atom. The van der Waals surface area contributed by atoms with Gasteiger partial charge in [0.2, 0.25) is 14.9 Å². The van der Waals surface area contributed by atoms with Gasteiger partial charge < -0.3 is 4.74 Å². The Balaban J connectivity index is 2.05. The molecule has 4 aromatic rings. The standard InChI is InChI=1S/C17H13FN4O4S/c1-9-3-6-14(12(18)7-9)27(24,25)17-15-19-16(23)11-5-4-10(26-2)8-13(11)22(15)21-20-17/h3-8,21H,1-2H3. The number of aromatic nitrogens is 4. The van der Waals surface area contributed by atoms with Gasteiger partial charge >= 0.3 is 0 Å². The molecule has 8 nitrogen and oxygen atoms in total. The van der Waals surface area contributed by atoms with Gasteiger partial charge in [-0.2, -0.15) is 4.98 Å². The van der Waals surface area contributed by atoms with Crippen LogP contribution in [-0.2, 0) is 9.84 Å². The van der Waals surface area contributed by atoms with Gasteiger partial charge in [-0.1, -0.05) is 6.07 Å². The van der Waals surface area contributed by atoms with Crippen LogP contribution in [0.5, 0.6) is 5.75 Å². The zero-order chi connectivity index (χ0) is 19.3. The number of rotatable bonds is 3. The second-order valence-corrected chi connectivity index (χ2v) is 7.75. The summed E-state index contributed by atoms with van der Waals surface area (Å²) in [5.74, 6) is -0.438. The van der Waals surface area contributed by atoms with Crippen LogP contribution in [0.4, 0.5) is 4.39 Å². The van der Waals surface area contributed by atoms with Crippen molar-refractivity contribution in [2.24, 2.45) is 0 Å². The fraction of sp³-hybridized carbons (Fsp3) is 0.118. The fourth-order valence-corrected chi connectivity index (χ4v) is 4.13. The van der Waals surface area contributed by atoms with E-state index in [1.54, 1.807) is 19.1 Å². The number of hydrogen-bond donors (Lipinski definition) is 1. The normalized spacial score (nSPS) is 12.0. The zero-order valence-corrected chi connectivity index (χ0v) is 15.0. The molecule has 0 saturated carbocycles. The molecule has 0 spiro atoms. The summed E-state index contributed by atoms with van der Waals surface area (Å²) in [4.78, 5) is 15.6. The third kappa shape index (κ3) is 2.56. The van der Waals surface area contributed by atoms with Crippen molar-refractivity contribution in [1.82, 2.24) is 19.8 Å². The molecule has 138 valence electrons. The Labute approximate surface area is 152 Å². The number of nitrogens with zero attached hydrogens (tertiary/aromatic N) is 3. The van der Waals surface area contributed by atoms with Crippen molar-refractivity contribution in [3.8, 4) is 5.75 Å². The summed E-state index contributed by atoms with van der Waals surface area (Å²) >= 11 is 0. The van der Waals surface area contributed by atoms with Crippen LogP contribution in [0, 0.1) is 12.7 Å². The first-order valence-corrected chi connectivity index (χ1v) is 9.27. The van der Waals surface area contributed by atoms with Gasteiger partial charge in [-0.05, 0) is 36.8 Å². The van der Waals surface area contributed by atoms with Gasteiger partial charge in [0.15, 0.2) is 5.65 Å². The van der Waals surface area contributed by atoms with Crippen LogP contribution in [-0.4, -0.2) is 35.3 Å². The highest BCUT2D eigenvalue weighted by Crippen LogP contribution is 2.26. The van der Waals surface area contributed by atoms with E-state index < -0.39 is 31.1 Å². The second-order valence-electron chi connectivity index (χ2n) is 5.91. The molecule has 2 heterocycles. The SMILES string of the molecule is COc1ccc2c(=O)nc3c(S(=O)(=O)c4ccc(C)cc4F)n[nH]n3c2c1. The first-order chi connectivity index (χ1) is 12.8. The number of methoxy groups -OCH3 is 1. The Kier molecular flexibility index (Phi) is 3.74. The van der Waals surface area contributed by atoms with E-state index in [1.807, 2.05) is 0 Å². The highest BCUT2D eigenvalue weighted by molar-refractivity contribution is 7.91. The molecule has 27 heavy (non-hydrogen) atoms. The van der Waals surface area contributed by atoms with Gasteiger partial charge in [0.05, 0.1) is 18.0 Å². The molecule has 0 atom stereocenters. The number of fused-ring (bicyclic) bond motifs is 3. The van der Waals surface area contributed by atoms with E-state index in [0.717, 1.165) is 12.1 Å². The zero-order valence-electron chi connectivity index (χ0n) is 14.2. The summed E-state index contributed by atoms with van der Waals surface area (Å²) in [6, 6.07) is 8.41. The van der Waals surface area contributed by atoms with Gasteiger partial charge in [-0.3, -0.25) is 4.79 Å². The highest BCUT2D eigenvalue weighted by Gasteiger charge is 2.29.